The summed E-state index contributed by atoms with van der Waals surface area (Å²) in [6.45, 7) is 6.22. The van der Waals surface area contributed by atoms with Gasteiger partial charge in [-0.05, 0) is 49.7 Å². The molecule has 0 aliphatic carbocycles. The van der Waals surface area contributed by atoms with Crippen LogP contribution in [0, 0.1) is 13.8 Å². The van der Waals surface area contributed by atoms with Gasteiger partial charge in [-0.2, -0.15) is 4.31 Å². The summed E-state index contributed by atoms with van der Waals surface area (Å²) >= 11 is 6.00. The summed E-state index contributed by atoms with van der Waals surface area (Å²) < 4.78 is 27.2. The van der Waals surface area contributed by atoms with Gasteiger partial charge in [0.2, 0.25) is 10.0 Å². The molecular weight excluding hydrogens is 344 g/mol. The van der Waals surface area contributed by atoms with Crippen molar-refractivity contribution in [2.75, 3.05) is 31.1 Å². The number of sulfonamides is 1. The molecule has 3 rings (SSSR count). The molecule has 0 amide bonds. The van der Waals surface area contributed by atoms with Gasteiger partial charge in [-0.25, -0.2) is 8.42 Å². The number of benzene rings is 2. The van der Waals surface area contributed by atoms with Crippen molar-refractivity contribution in [1.29, 1.82) is 0 Å². The van der Waals surface area contributed by atoms with Crippen LogP contribution in [0.4, 0.5) is 5.69 Å². The molecule has 1 fully saturated rings. The maximum atomic E-state index is 12.8. The Balaban J connectivity index is 1.73. The monoisotopic (exact) mass is 364 g/mol. The van der Waals surface area contributed by atoms with E-state index in [1.54, 1.807) is 22.5 Å². The molecule has 1 aliphatic heterocycles. The third-order valence-electron chi connectivity index (χ3n) is 4.40. The Kier molecular flexibility index (Phi) is 4.85. The highest BCUT2D eigenvalue weighted by atomic mass is 35.5. The third kappa shape index (κ3) is 3.43. The number of aryl methyl sites for hydroxylation is 2. The van der Waals surface area contributed by atoms with Crippen LogP contribution in [0.5, 0.6) is 0 Å². The van der Waals surface area contributed by atoms with Crippen molar-refractivity contribution in [2.45, 2.75) is 18.7 Å². The van der Waals surface area contributed by atoms with E-state index in [0.717, 1.165) is 11.3 Å². The molecule has 0 atom stereocenters. The van der Waals surface area contributed by atoms with Crippen LogP contribution in [0.25, 0.3) is 0 Å². The standard InChI is InChI=1S/C18H21ClN2O2S/c1-14-3-5-16(6-4-14)20-9-11-21(12-10-20)24(22,23)17-7-8-18(19)15(2)13-17/h3-8,13H,9-12H2,1-2H3. The smallest absolute Gasteiger partial charge is 0.243 e. The van der Waals surface area contributed by atoms with Crippen LogP contribution in [0.2, 0.25) is 5.02 Å². The fraction of sp³-hybridized carbons (Fsp3) is 0.333. The first-order chi connectivity index (χ1) is 11.4. The van der Waals surface area contributed by atoms with E-state index in [1.807, 2.05) is 6.92 Å². The summed E-state index contributed by atoms with van der Waals surface area (Å²) in [7, 11) is -3.47. The van der Waals surface area contributed by atoms with Crippen molar-refractivity contribution < 1.29 is 8.42 Å². The lowest BCUT2D eigenvalue weighted by Crippen LogP contribution is -2.48. The quantitative estimate of drug-likeness (QED) is 0.837. The third-order valence-corrected chi connectivity index (χ3v) is 6.72. The first kappa shape index (κ1) is 17.3. The summed E-state index contributed by atoms with van der Waals surface area (Å²) in [5.74, 6) is 0. The summed E-state index contributed by atoms with van der Waals surface area (Å²) in [6.07, 6.45) is 0. The lowest BCUT2D eigenvalue weighted by atomic mass is 10.2. The minimum absolute atomic E-state index is 0.313. The Labute approximate surface area is 148 Å². The Morgan fingerprint density at radius 1 is 0.917 bits per heavy atom. The molecule has 1 heterocycles. The number of rotatable bonds is 3. The van der Waals surface area contributed by atoms with Gasteiger partial charge < -0.3 is 4.90 Å². The molecule has 4 nitrogen and oxygen atoms in total. The van der Waals surface area contributed by atoms with Crippen LogP contribution in [0.15, 0.2) is 47.4 Å². The molecule has 1 aliphatic rings. The second-order valence-corrected chi connectivity index (χ2v) is 8.48. The Bertz CT molecular complexity index is 827. The zero-order valence-electron chi connectivity index (χ0n) is 13.9. The van der Waals surface area contributed by atoms with Gasteiger partial charge in [-0.15, -0.1) is 0 Å². The fourth-order valence-corrected chi connectivity index (χ4v) is 4.49. The summed E-state index contributed by atoms with van der Waals surface area (Å²) in [6, 6.07) is 13.2. The summed E-state index contributed by atoms with van der Waals surface area (Å²) in [4.78, 5) is 2.53. The van der Waals surface area contributed by atoms with Crippen LogP contribution in [-0.2, 0) is 10.0 Å². The minimum atomic E-state index is -3.47. The Hall–Kier alpha value is -1.56. The molecule has 0 spiro atoms. The van der Waals surface area contributed by atoms with E-state index < -0.39 is 10.0 Å². The molecule has 0 bridgehead atoms. The van der Waals surface area contributed by atoms with E-state index >= 15 is 0 Å². The van der Waals surface area contributed by atoms with E-state index in [1.165, 1.54) is 5.56 Å². The molecule has 24 heavy (non-hydrogen) atoms. The molecule has 6 heteroatoms. The number of hydrogen-bond donors (Lipinski definition) is 0. The van der Waals surface area contributed by atoms with Gasteiger partial charge in [0.05, 0.1) is 4.90 Å². The second-order valence-electron chi connectivity index (χ2n) is 6.14. The predicted octanol–water partition coefficient (Wildman–Crippen LogP) is 3.47. The van der Waals surface area contributed by atoms with Crippen molar-refractivity contribution in [3.8, 4) is 0 Å². The van der Waals surface area contributed by atoms with Crippen molar-refractivity contribution in [3.63, 3.8) is 0 Å². The maximum Gasteiger partial charge on any atom is 0.243 e. The van der Waals surface area contributed by atoms with Crippen LogP contribution < -0.4 is 4.90 Å². The van der Waals surface area contributed by atoms with E-state index in [-0.39, 0.29) is 0 Å². The van der Waals surface area contributed by atoms with Crippen molar-refractivity contribution in [1.82, 2.24) is 4.31 Å². The first-order valence-corrected chi connectivity index (χ1v) is 9.77. The van der Waals surface area contributed by atoms with Crippen LogP contribution in [-0.4, -0.2) is 38.9 Å². The van der Waals surface area contributed by atoms with Crippen molar-refractivity contribution >= 4 is 27.3 Å². The minimum Gasteiger partial charge on any atom is -0.369 e. The van der Waals surface area contributed by atoms with Gasteiger partial charge in [-0.3, -0.25) is 0 Å². The average molecular weight is 365 g/mol. The van der Waals surface area contributed by atoms with E-state index in [2.05, 4.69) is 36.1 Å². The number of anilines is 1. The lowest BCUT2D eigenvalue weighted by molar-refractivity contribution is 0.385. The predicted molar refractivity (Wildman–Crippen MR) is 98.3 cm³/mol. The molecule has 2 aromatic rings. The SMILES string of the molecule is Cc1ccc(N2CCN(S(=O)(=O)c3ccc(Cl)c(C)c3)CC2)cc1. The number of nitrogens with zero attached hydrogens (tertiary/aromatic N) is 2. The highest BCUT2D eigenvalue weighted by Crippen LogP contribution is 2.24. The molecule has 1 saturated heterocycles. The van der Waals surface area contributed by atoms with Crippen LogP contribution in [0.1, 0.15) is 11.1 Å². The van der Waals surface area contributed by atoms with Crippen LogP contribution >= 0.6 is 11.6 Å². The molecular formula is C18H21ClN2O2S. The molecule has 0 saturated carbocycles. The normalized spacial score (nSPS) is 16.4. The zero-order valence-corrected chi connectivity index (χ0v) is 15.4. The fourth-order valence-electron chi connectivity index (χ4n) is 2.87. The van der Waals surface area contributed by atoms with Crippen molar-refractivity contribution in [3.05, 3.63) is 58.6 Å². The van der Waals surface area contributed by atoms with Crippen molar-refractivity contribution in [2.24, 2.45) is 0 Å². The molecule has 0 N–H and O–H groups in total. The molecule has 2 aromatic carbocycles. The molecule has 128 valence electrons. The Morgan fingerprint density at radius 2 is 1.54 bits per heavy atom. The van der Waals surface area contributed by atoms with Gasteiger partial charge in [0.1, 0.15) is 0 Å². The van der Waals surface area contributed by atoms with Gasteiger partial charge in [0.15, 0.2) is 0 Å². The largest absolute Gasteiger partial charge is 0.369 e. The maximum absolute atomic E-state index is 12.8. The number of halogens is 1. The molecule has 0 radical (unpaired) electrons. The van der Waals surface area contributed by atoms with E-state index in [0.29, 0.717) is 36.1 Å². The van der Waals surface area contributed by atoms with Gasteiger partial charge >= 0.3 is 0 Å². The number of hydrogen-bond acceptors (Lipinski definition) is 3. The van der Waals surface area contributed by atoms with Crippen LogP contribution in [0.3, 0.4) is 0 Å². The highest BCUT2D eigenvalue weighted by Gasteiger charge is 2.28. The first-order valence-electron chi connectivity index (χ1n) is 7.96. The Morgan fingerprint density at radius 3 is 2.12 bits per heavy atom. The summed E-state index contributed by atoms with van der Waals surface area (Å²) in [5, 5.41) is 0.582. The highest BCUT2D eigenvalue weighted by molar-refractivity contribution is 7.89. The second kappa shape index (κ2) is 6.75. The average Bonchev–Trinajstić information content (AvgIpc) is 2.58. The number of piperazine rings is 1. The van der Waals surface area contributed by atoms with E-state index in [4.69, 9.17) is 11.6 Å². The molecule has 0 unspecified atom stereocenters. The molecule has 0 aromatic heterocycles. The van der Waals surface area contributed by atoms with E-state index in [9.17, 15) is 8.42 Å². The zero-order chi connectivity index (χ0) is 17.3. The topological polar surface area (TPSA) is 40.6 Å². The lowest BCUT2D eigenvalue weighted by Gasteiger charge is -2.35. The van der Waals surface area contributed by atoms with Gasteiger partial charge in [-0.1, -0.05) is 29.3 Å². The van der Waals surface area contributed by atoms with Gasteiger partial charge in [0, 0.05) is 36.9 Å². The summed E-state index contributed by atoms with van der Waals surface area (Å²) in [5.41, 5.74) is 3.13. The van der Waals surface area contributed by atoms with Gasteiger partial charge in [0.25, 0.3) is 0 Å².